The summed E-state index contributed by atoms with van der Waals surface area (Å²) in [6.07, 6.45) is 1.60. The molecular weight excluding hydrogens is 238 g/mol. The minimum atomic E-state index is -0.0698. The molecular formula is C16H17NO2. The normalized spacial score (nSPS) is 21.9. The van der Waals surface area contributed by atoms with Crippen LogP contribution in [-0.4, -0.2) is 16.3 Å². The Morgan fingerprint density at radius 1 is 1.00 bits per heavy atom. The second-order valence-corrected chi connectivity index (χ2v) is 5.20. The molecule has 0 unspecified atom stereocenters. The first-order chi connectivity index (χ1) is 9.15. The molecule has 0 aliphatic heterocycles. The number of fused-ring (bicyclic) bond motifs is 1. The van der Waals surface area contributed by atoms with Gasteiger partial charge in [-0.2, -0.15) is 0 Å². The molecule has 0 amide bonds. The van der Waals surface area contributed by atoms with E-state index in [-0.39, 0.29) is 23.5 Å². The van der Waals surface area contributed by atoms with Gasteiger partial charge in [0.25, 0.3) is 0 Å². The molecule has 3 heteroatoms. The highest BCUT2D eigenvalue weighted by Gasteiger charge is 2.27. The summed E-state index contributed by atoms with van der Waals surface area (Å²) in [5.41, 5.74) is 9.42. The van der Waals surface area contributed by atoms with Crippen molar-refractivity contribution in [2.24, 2.45) is 5.73 Å². The van der Waals surface area contributed by atoms with Crippen LogP contribution in [0.4, 0.5) is 0 Å². The first-order valence-corrected chi connectivity index (χ1v) is 6.50. The monoisotopic (exact) mass is 255 g/mol. The summed E-state index contributed by atoms with van der Waals surface area (Å²) in [4.78, 5) is 0. The fourth-order valence-electron chi connectivity index (χ4n) is 2.93. The van der Waals surface area contributed by atoms with Crippen LogP contribution in [0, 0.1) is 0 Å². The van der Waals surface area contributed by atoms with Crippen LogP contribution >= 0.6 is 0 Å². The third-order valence-electron chi connectivity index (χ3n) is 3.83. The molecule has 0 radical (unpaired) electrons. The maximum absolute atomic E-state index is 9.72. The predicted octanol–water partition coefficient (Wildman–Crippen LogP) is 2.50. The Kier molecular flexibility index (Phi) is 2.91. The van der Waals surface area contributed by atoms with Crippen molar-refractivity contribution in [1.82, 2.24) is 0 Å². The average Bonchev–Trinajstić information content (AvgIpc) is 2.41. The summed E-state index contributed by atoms with van der Waals surface area (Å²) in [7, 11) is 0. The lowest BCUT2D eigenvalue weighted by molar-refractivity contribution is 0.399. The van der Waals surface area contributed by atoms with Crippen molar-refractivity contribution in [3.8, 4) is 11.5 Å². The van der Waals surface area contributed by atoms with E-state index in [0.717, 1.165) is 24.0 Å². The van der Waals surface area contributed by atoms with Crippen molar-refractivity contribution < 1.29 is 10.2 Å². The van der Waals surface area contributed by atoms with Crippen molar-refractivity contribution in [3.63, 3.8) is 0 Å². The second-order valence-electron chi connectivity index (χ2n) is 5.20. The lowest BCUT2D eigenvalue weighted by Crippen LogP contribution is -2.30. The Balaban J connectivity index is 2.12. The minimum Gasteiger partial charge on any atom is -0.504 e. The van der Waals surface area contributed by atoms with E-state index in [1.807, 2.05) is 18.2 Å². The fraction of sp³-hybridized carbons (Fsp3) is 0.250. The van der Waals surface area contributed by atoms with Crippen LogP contribution in [0.2, 0.25) is 0 Å². The van der Waals surface area contributed by atoms with Crippen LogP contribution in [0.5, 0.6) is 11.5 Å². The number of hydrogen-bond donors (Lipinski definition) is 3. The largest absolute Gasteiger partial charge is 0.504 e. The van der Waals surface area contributed by atoms with E-state index >= 15 is 0 Å². The first kappa shape index (κ1) is 12.1. The summed E-state index contributed by atoms with van der Waals surface area (Å²) < 4.78 is 0. The number of phenolic OH excluding ortho intramolecular Hbond substituents is 2. The maximum atomic E-state index is 9.72. The van der Waals surface area contributed by atoms with Crippen LogP contribution in [0.1, 0.15) is 29.0 Å². The zero-order chi connectivity index (χ0) is 13.4. The molecule has 2 aromatic carbocycles. The van der Waals surface area contributed by atoms with Crippen LogP contribution in [0.15, 0.2) is 42.5 Å². The van der Waals surface area contributed by atoms with Crippen LogP contribution in [-0.2, 0) is 6.42 Å². The van der Waals surface area contributed by atoms with Crippen LogP contribution < -0.4 is 5.73 Å². The number of benzene rings is 2. The standard InChI is InChI=1S/C16H17NO2/c17-12-6-11-7-15(18)16(19)9-14(11)13(8-12)10-4-2-1-3-5-10/h1-5,7,9,12-13,18-19H,6,8,17H2/t12-,13+/m0/s1. The minimum absolute atomic E-state index is 0.0600. The fourth-order valence-corrected chi connectivity index (χ4v) is 2.93. The number of hydrogen-bond acceptors (Lipinski definition) is 3. The molecule has 0 bridgehead atoms. The van der Waals surface area contributed by atoms with Gasteiger partial charge in [-0.1, -0.05) is 30.3 Å². The van der Waals surface area contributed by atoms with E-state index in [1.165, 1.54) is 5.56 Å². The number of phenols is 2. The summed E-state index contributed by atoms with van der Waals surface area (Å²) in [6.45, 7) is 0. The van der Waals surface area contributed by atoms with Gasteiger partial charge in [0.05, 0.1) is 0 Å². The molecule has 3 rings (SSSR count). The van der Waals surface area contributed by atoms with E-state index in [2.05, 4.69) is 12.1 Å². The van der Waals surface area contributed by atoms with Gasteiger partial charge >= 0.3 is 0 Å². The zero-order valence-corrected chi connectivity index (χ0v) is 10.6. The molecule has 0 fully saturated rings. The Morgan fingerprint density at radius 2 is 1.68 bits per heavy atom. The quantitative estimate of drug-likeness (QED) is 0.686. The van der Waals surface area contributed by atoms with Gasteiger partial charge in [0.1, 0.15) is 0 Å². The molecule has 98 valence electrons. The Hall–Kier alpha value is -2.00. The predicted molar refractivity (Wildman–Crippen MR) is 74.4 cm³/mol. The van der Waals surface area contributed by atoms with Gasteiger partial charge < -0.3 is 15.9 Å². The van der Waals surface area contributed by atoms with E-state index in [4.69, 9.17) is 5.73 Å². The summed E-state index contributed by atoms with van der Waals surface area (Å²) in [5, 5.41) is 19.4. The molecule has 0 saturated carbocycles. The van der Waals surface area contributed by atoms with Gasteiger partial charge in [0.15, 0.2) is 11.5 Å². The van der Waals surface area contributed by atoms with Gasteiger partial charge in [-0.25, -0.2) is 0 Å². The van der Waals surface area contributed by atoms with Crippen molar-refractivity contribution in [2.75, 3.05) is 0 Å². The SMILES string of the molecule is N[C@H]1Cc2cc(O)c(O)cc2[C@@H](c2ccccc2)C1. The van der Waals surface area contributed by atoms with Crippen LogP contribution in [0.25, 0.3) is 0 Å². The highest BCUT2D eigenvalue weighted by molar-refractivity contribution is 5.50. The number of nitrogens with two attached hydrogens (primary N) is 1. The third kappa shape index (κ3) is 2.17. The number of rotatable bonds is 1. The molecule has 2 atom stereocenters. The van der Waals surface area contributed by atoms with Crippen molar-refractivity contribution in [2.45, 2.75) is 24.8 Å². The van der Waals surface area contributed by atoms with Gasteiger partial charge in [0, 0.05) is 12.0 Å². The topological polar surface area (TPSA) is 66.5 Å². The summed E-state index contributed by atoms with van der Waals surface area (Å²) in [6, 6.07) is 13.6. The van der Waals surface area contributed by atoms with Gasteiger partial charge in [-0.3, -0.25) is 0 Å². The Labute approximate surface area is 112 Å². The highest BCUT2D eigenvalue weighted by Crippen LogP contribution is 2.40. The first-order valence-electron chi connectivity index (χ1n) is 6.50. The molecule has 0 heterocycles. The van der Waals surface area contributed by atoms with E-state index in [1.54, 1.807) is 12.1 Å². The van der Waals surface area contributed by atoms with Gasteiger partial charge in [-0.15, -0.1) is 0 Å². The molecule has 0 saturated heterocycles. The van der Waals surface area contributed by atoms with Gasteiger partial charge in [-0.05, 0) is 41.7 Å². The molecule has 4 N–H and O–H groups in total. The zero-order valence-electron chi connectivity index (χ0n) is 10.6. The van der Waals surface area contributed by atoms with Crippen molar-refractivity contribution >= 4 is 0 Å². The Bertz CT molecular complexity index is 595. The average molecular weight is 255 g/mol. The van der Waals surface area contributed by atoms with E-state index in [0.29, 0.717) is 0 Å². The second kappa shape index (κ2) is 4.59. The molecule has 0 spiro atoms. The molecule has 3 nitrogen and oxygen atoms in total. The molecule has 19 heavy (non-hydrogen) atoms. The lowest BCUT2D eigenvalue weighted by Gasteiger charge is -2.30. The smallest absolute Gasteiger partial charge is 0.157 e. The number of aromatic hydroxyl groups is 2. The van der Waals surface area contributed by atoms with Gasteiger partial charge in [0.2, 0.25) is 0 Å². The molecule has 1 aliphatic rings. The lowest BCUT2D eigenvalue weighted by atomic mass is 9.77. The Morgan fingerprint density at radius 3 is 2.42 bits per heavy atom. The van der Waals surface area contributed by atoms with Crippen molar-refractivity contribution in [1.29, 1.82) is 0 Å². The van der Waals surface area contributed by atoms with Crippen LogP contribution in [0.3, 0.4) is 0 Å². The van der Waals surface area contributed by atoms with E-state index in [9.17, 15) is 10.2 Å². The van der Waals surface area contributed by atoms with E-state index < -0.39 is 0 Å². The van der Waals surface area contributed by atoms with Crippen molar-refractivity contribution in [3.05, 3.63) is 59.2 Å². The third-order valence-corrected chi connectivity index (χ3v) is 3.83. The molecule has 1 aliphatic carbocycles. The maximum Gasteiger partial charge on any atom is 0.157 e. The molecule has 0 aromatic heterocycles. The molecule has 2 aromatic rings. The summed E-state index contributed by atoms with van der Waals surface area (Å²) in [5.74, 6) is 0.0567. The summed E-state index contributed by atoms with van der Waals surface area (Å²) >= 11 is 0. The highest BCUT2D eigenvalue weighted by atomic mass is 16.3.